The Morgan fingerprint density at radius 1 is 0.681 bits per heavy atom. The Labute approximate surface area is 279 Å². The monoisotopic (exact) mass is 653 g/mol. The van der Waals surface area contributed by atoms with E-state index in [9.17, 15) is 19.8 Å². The predicted octanol–water partition coefficient (Wildman–Crippen LogP) is 5.88. The molecule has 11 nitrogen and oxygen atoms in total. The van der Waals surface area contributed by atoms with Crippen LogP contribution in [0.3, 0.4) is 0 Å². The van der Waals surface area contributed by atoms with Crippen molar-refractivity contribution in [1.82, 2.24) is 15.5 Å². The fourth-order valence-corrected chi connectivity index (χ4v) is 6.09. The van der Waals surface area contributed by atoms with E-state index in [1.54, 1.807) is 48.5 Å². The minimum absolute atomic E-state index is 0.0766. The van der Waals surface area contributed by atoms with Crippen LogP contribution in [0.1, 0.15) is 85.0 Å². The molecule has 2 aromatic carbocycles. The van der Waals surface area contributed by atoms with Crippen molar-refractivity contribution in [1.29, 1.82) is 0 Å². The van der Waals surface area contributed by atoms with Gasteiger partial charge in [0, 0.05) is 42.1 Å². The first kappa shape index (κ1) is 36.3. The lowest BCUT2D eigenvalue weighted by atomic mass is 9.96. The quantitative estimate of drug-likeness (QED) is 0.150. The molecule has 0 aromatic heterocycles. The average molecular weight is 654 g/mol. The van der Waals surface area contributed by atoms with Gasteiger partial charge in [-0.15, -0.1) is 0 Å². The third kappa shape index (κ3) is 13.2. The number of carbonyl (C=O) groups excluding carboxylic acids is 2. The lowest BCUT2D eigenvalue weighted by Gasteiger charge is -2.38. The molecule has 2 aromatic rings. The number of hydrogen-bond donors (Lipinski definition) is 6. The van der Waals surface area contributed by atoms with Crippen molar-refractivity contribution in [3.05, 3.63) is 48.5 Å². The minimum atomic E-state index is -0.795. The number of nitrogens with zero attached hydrogens (tertiary/aromatic N) is 1. The molecule has 0 spiro atoms. The van der Waals surface area contributed by atoms with Crippen molar-refractivity contribution in [3.63, 3.8) is 0 Å². The number of carbonyl (C=O) groups is 2. The Kier molecular flexibility index (Phi) is 14.0. The molecule has 2 unspecified atom stereocenters. The Morgan fingerprint density at radius 3 is 1.38 bits per heavy atom. The number of aliphatic hydroxyl groups excluding tert-OH is 2. The highest BCUT2D eigenvalue weighted by molar-refractivity contribution is 5.90. The SMILES string of the molecule is CC(C)(C)N(CC(O)COc1ccc(NC(=O)NC2CCCCC2)cc1)CC(O)COc1ccc(NC(=O)NC2CCCCC2)cc1. The van der Waals surface area contributed by atoms with Crippen molar-refractivity contribution in [2.75, 3.05) is 36.9 Å². The van der Waals surface area contributed by atoms with Crippen LogP contribution in [-0.2, 0) is 0 Å². The molecule has 2 fully saturated rings. The molecule has 2 atom stereocenters. The number of anilines is 2. The van der Waals surface area contributed by atoms with Crippen LogP contribution in [0.15, 0.2) is 48.5 Å². The number of nitrogens with one attached hydrogen (secondary N) is 4. The van der Waals surface area contributed by atoms with Gasteiger partial charge in [0.2, 0.25) is 0 Å². The first-order valence-electron chi connectivity index (χ1n) is 17.3. The molecule has 6 N–H and O–H groups in total. The smallest absolute Gasteiger partial charge is 0.319 e. The first-order chi connectivity index (χ1) is 22.5. The van der Waals surface area contributed by atoms with Gasteiger partial charge >= 0.3 is 12.1 Å². The number of β-amino-alcohol motifs (C(OH)–C–C–N with tert-alkyl or cyclic N) is 2. The zero-order valence-corrected chi connectivity index (χ0v) is 28.3. The molecule has 0 heterocycles. The van der Waals surface area contributed by atoms with Gasteiger partial charge in [0.1, 0.15) is 36.9 Å². The highest BCUT2D eigenvalue weighted by atomic mass is 16.5. The van der Waals surface area contributed by atoms with Crippen LogP contribution < -0.4 is 30.7 Å². The molecule has 4 amide bonds. The number of rotatable bonds is 14. The van der Waals surface area contributed by atoms with E-state index in [2.05, 4.69) is 21.3 Å². The maximum absolute atomic E-state index is 12.3. The second kappa shape index (κ2) is 18.1. The van der Waals surface area contributed by atoms with E-state index < -0.39 is 12.2 Å². The molecule has 2 aliphatic rings. The Bertz CT molecular complexity index is 1130. The predicted molar refractivity (Wildman–Crippen MR) is 185 cm³/mol. The number of urea groups is 2. The number of aliphatic hydroxyl groups is 2. The second-order valence-corrected chi connectivity index (χ2v) is 13.9. The molecule has 2 aliphatic carbocycles. The van der Waals surface area contributed by atoms with E-state index in [-0.39, 0.29) is 42.9 Å². The summed E-state index contributed by atoms with van der Waals surface area (Å²) in [5.74, 6) is 1.17. The summed E-state index contributed by atoms with van der Waals surface area (Å²) in [5, 5.41) is 33.4. The van der Waals surface area contributed by atoms with Crippen molar-refractivity contribution in [2.24, 2.45) is 0 Å². The summed E-state index contributed by atoms with van der Waals surface area (Å²) in [4.78, 5) is 26.6. The lowest BCUT2D eigenvalue weighted by Crippen LogP contribution is -2.50. The molecule has 4 rings (SSSR count). The van der Waals surface area contributed by atoms with E-state index in [4.69, 9.17) is 9.47 Å². The molecule has 0 aliphatic heterocycles. The Hall–Kier alpha value is -3.54. The normalized spacial score (nSPS) is 17.4. The van der Waals surface area contributed by atoms with Crippen LogP contribution >= 0.6 is 0 Å². The van der Waals surface area contributed by atoms with E-state index in [0.29, 0.717) is 36.0 Å². The fraction of sp³-hybridized carbons (Fsp3) is 0.611. The largest absolute Gasteiger partial charge is 0.491 e. The van der Waals surface area contributed by atoms with Gasteiger partial charge in [0.05, 0.1) is 0 Å². The van der Waals surface area contributed by atoms with E-state index in [1.165, 1.54) is 12.8 Å². The summed E-state index contributed by atoms with van der Waals surface area (Å²) in [6, 6.07) is 14.2. The van der Waals surface area contributed by atoms with Crippen LogP contribution in [0, 0.1) is 0 Å². The maximum atomic E-state index is 12.3. The summed E-state index contributed by atoms with van der Waals surface area (Å²) in [6.45, 7) is 6.83. The fourth-order valence-electron chi connectivity index (χ4n) is 6.09. The van der Waals surface area contributed by atoms with Crippen molar-refractivity contribution in [2.45, 2.75) is 115 Å². The van der Waals surface area contributed by atoms with Gasteiger partial charge in [0.25, 0.3) is 0 Å². The molecular weight excluding hydrogens is 598 g/mol. The van der Waals surface area contributed by atoms with Crippen LogP contribution in [0.2, 0.25) is 0 Å². The van der Waals surface area contributed by atoms with Crippen molar-refractivity contribution in [3.8, 4) is 11.5 Å². The van der Waals surface area contributed by atoms with Gasteiger partial charge < -0.3 is 41.0 Å². The second-order valence-electron chi connectivity index (χ2n) is 13.9. The zero-order valence-electron chi connectivity index (χ0n) is 28.3. The summed E-state index contributed by atoms with van der Waals surface area (Å²) >= 11 is 0. The van der Waals surface area contributed by atoms with Gasteiger partial charge in [-0.2, -0.15) is 0 Å². The summed E-state index contributed by atoms with van der Waals surface area (Å²) in [6.07, 6.45) is 9.61. The van der Waals surface area contributed by atoms with Gasteiger partial charge in [0.15, 0.2) is 0 Å². The average Bonchev–Trinajstić information content (AvgIpc) is 3.04. The van der Waals surface area contributed by atoms with Crippen LogP contribution in [-0.4, -0.2) is 83.3 Å². The third-order valence-electron chi connectivity index (χ3n) is 8.80. The summed E-state index contributed by atoms with van der Waals surface area (Å²) < 4.78 is 11.6. The number of ether oxygens (including phenoxy) is 2. The van der Waals surface area contributed by atoms with E-state index >= 15 is 0 Å². The molecule has 11 heteroatoms. The Morgan fingerprint density at radius 2 is 1.04 bits per heavy atom. The van der Waals surface area contributed by atoms with E-state index in [0.717, 1.165) is 51.4 Å². The van der Waals surface area contributed by atoms with Gasteiger partial charge in [-0.3, -0.25) is 4.90 Å². The van der Waals surface area contributed by atoms with Crippen LogP contribution in [0.5, 0.6) is 11.5 Å². The molecule has 260 valence electrons. The van der Waals surface area contributed by atoms with Crippen LogP contribution in [0.4, 0.5) is 21.0 Å². The topological polar surface area (TPSA) is 144 Å². The molecule has 0 saturated heterocycles. The number of benzene rings is 2. The molecule has 47 heavy (non-hydrogen) atoms. The standard InChI is InChI=1S/C36H55N5O6/c1-36(2,3)41(22-30(42)24-46-32-18-14-28(15-19-32)39-34(44)37-26-10-6-4-7-11-26)23-31(43)25-47-33-20-16-29(17-21-33)40-35(45)38-27-12-8-5-9-13-27/h14-21,26-27,30-31,42-43H,4-13,22-25H2,1-3H3,(H2,37,39,44)(H2,38,40,45). The molecule has 0 radical (unpaired) electrons. The number of hydrogen-bond acceptors (Lipinski definition) is 7. The summed E-state index contributed by atoms with van der Waals surface area (Å²) in [5.41, 5.74) is 1.02. The van der Waals surface area contributed by atoms with Crippen LogP contribution in [0.25, 0.3) is 0 Å². The molecule has 0 bridgehead atoms. The highest BCUT2D eigenvalue weighted by Crippen LogP contribution is 2.21. The highest BCUT2D eigenvalue weighted by Gasteiger charge is 2.27. The third-order valence-corrected chi connectivity index (χ3v) is 8.80. The van der Waals surface area contributed by atoms with Gasteiger partial charge in [-0.05, 0) is 95.0 Å². The zero-order chi connectivity index (χ0) is 33.6. The Balaban J connectivity index is 1.16. The van der Waals surface area contributed by atoms with Gasteiger partial charge in [-0.25, -0.2) is 9.59 Å². The molecule has 2 saturated carbocycles. The lowest BCUT2D eigenvalue weighted by molar-refractivity contribution is -0.00438. The molecular formula is C36H55N5O6. The van der Waals surface area contributed by atoms with Crippen molar-refractivity contribution < 1.29 is 29.3 Å². The first-order valence-corrected chi connectivity index (χ1v) is 17.3. The maximum Gasteiger partial charge on any atom is 0.319 e. The van der Waals surface area contributed by atoms with Crippen molar-refractivity contribution >= 4 is 23.4 Å². The summed E-state index contributed by atoms with van der Waals surface area (Å²) in [7, 11) is 0. The number of amides is 4. The minimum Gasteiger partial charge on any atom is -0.491 e. The van der Waals surface area contributed by atoms with Gasteiger partial charge in [-0.1, -0.05) is 38.5 Å². The van der Waals surface area contributed by atoms with E-state index in [1.807, 2.05) is 25.7 Å².